The van der Waals surface area contributed by atoms with Crippen LogP contribution < -0.4 is 14.8 Å². The monoisotopic (exact) mass is 651 g/mol. The second-order valence-electron chi connectivity index (χ2n) is 10.4. The number of aromatic nitrogens is 2. The molecule has 0 aliphatic rings. The predicted octanol–water partition coefficient (Wildman–Crippen LogP) is 7.64. The molecule has 0 saturated carbocycles. The number of benzene rings is 3. The van der Waals surface area contributed by atoms with E-state index in [2.05, 4.69) is 17.2 Å². The van der Waals surface area contributed by atoms with Crippen LogP contribution in [0.2, 0.25) is 0 Å². The summed E-state index contributed by atoms with van der Waals surface area (Å²) in [6.45, 7) is 5.39. The van der Waals surface area contributed by atoms with Crippen molar-refractivity contribution in [2.24, 2.45) is 0 Å². The van der Waals surface area contributed by atoms with Crippen LogP contribution in [0.15, 0.2) is 84.0 Å². The van der Waals surface area contributed by atoms with Crippen molar-refractivity contribution in [2.45, 2.75) is 57.4 Å². The van der Waals surface area contributed by atoms with Crippen molar-refractivity contribution in [2.75, 3.05) is 25.1 Å². The molecule has 8 nitrogen and oxygen atoms in total. The summed E-state index contributed by atoms with van der Waals surface area (Å²) in [6, 6.07) is 18.9. The van der Waals surface area contributed by atoms with Crippen LogP contribution >= 0.6 is 0 Å². The summed E-state index contributed by atoms with van der Waals surface area (Å²) in [5.41, 5.74) is 4.16. The van der Waals surface area contributed by atoms with E-state index < -0.39 is 23.7 Å². The van der Waals surface area contributed by atoms with Crippen molar-refractivity contribution in [3.63, 3.8) is 0 Å². The molecule has 0 bridgehead atoms. The standard InChI is InChI=1S/C35H39F2N3O5S/c1-4-6-19-43-20-21-44-30-13-7-26(8-14-30)27-9-17-33(45-35(36)37)28(22-27)10-18-34(41)39-29-11-15-31(16-12-29)46(42)23-32-25(3)38-24-40(32)5-2/h7-18,22,24,35H,4-6,19-21,23H2,1-3H3,(H,39,41)/b18-10+/t46-/m0/s1. The molecule has 1 atom stereocenters. The lowest BCUT2D eigenvalue weighted by molar-refractivity contribution is -0.111. The molecule has 0 saturated heterocycles. The summed E-state index contributed by atoms with van der Waals surface area (Å²) >= 11 is -1.29. The number of nitrogens with zero attached hydrogens (tertiary/aromatic N) is 2. The van der Waals surface area contributed by atoms with E-state index in [0.717, 1.165) is 41.9 Å². The topological polar surface area (TPSA) is 97.7 Å². The Balaban J connectivity index is 1.39. The molecule has 1 N–H and O–H groups in total. The van der Waals surface area contributed by atoms with Crippen molar-refractivity contribution >= 4 is 28.8 Å². The number of carbonyl (C=O) groups is 1. The molecule has 1 aromatic heterocycles. The van der Waals surface area contributed by atoms with Crippen molar-refractivity contribution in [3.8, 4) is 22.6 Å². The van der Waals surface area contributed by atoms with Gasteiger partial charge in [-0.25, -0.2) is 4.98 Å². The van der Waals surface area contributed by atoms with Gasteiger partial charge in [0.2, 0.25) is 5.91 Å². The van der Waals surface area contributed by atoms with Gasteiger partial charge in [0.1, 0.15) is 18.1 Å². The van der Waals surface area contributed by atoms with Gasteiger partial charge in [-0.05, 0) is 97.2 Å². The zero-order valence-electron chi connectivity index (χ0n) is 26.2. The fourth-order valence-electron chi connectivity index (χ4n) is 4.59. The predicted molar refractivity (Wildman–Crippen MR) is 177 cm³/mol. The zero-order valence-corrected chi connectivity index (χ0v) is 27.0. The van der Waals surface area contributed by atoms with Crippen LogP contribution in [0.5, 0.6) is 11.5 Å². The van der Waals surface area contributed by atoms with Crippen LogP contribution in [-0.4, -0.2) is 46.4 Å². The van der Waals surface area contributed by atoms with Crippen molar-refractivity contribution < 1.29 is 32.3 Å². The van der Waals surface area contributed by atoms with E-state index in [0.29, 0.717) is 47.5 Å². The van der Waals surface area contributed by atoms with Crippen LogP contribution in [0.25, 0.3) is 17.2 Å². The number of unbranched alkanes of at least 4 members (excludes halogenated alkanes) is 1. The van der Waals surface area contributed by atoms with E-state index in [1.54, 1.807) is 42.7 Å². The van der Waals surface area contributed by atoms with E-state index in [4.69, 9.17) is 14.2 Å². The van der Waals surface area contributed by atoms with Gasteiger partial charge in [0.05, 0.1) is 24.3 Å². The molecular weight excluding hydrogens is 612 g/mol. The quantitative estimate of drug-likeness (QED) is 0.0716. The number of halogens is 2. The number of hydrogen-bond donors (Lipinski definition) is 1. The average molecular weight is 652 g/mol. The molecule has 244 valence electrons. The van der Waals surface area contributed by atoms with Crippen LogP contribution in [0, 0.1) is 6.92 Å². The van der Waals surface area contributed by atoms with Crippen molar-refractivity contribution in [1.82, 2.24) is 9.55 Å². The molecule has 0 aliphatic heterocycles. The molecule has 0 unspecified atom stereocenters. The van der Waals surface area contributed by atoms with Gasteiger partial charge < -0.3 is 28.6 Å². The molecule has 46 heavy (non-hydrogen) atoms. The largest absolute Gasteiger partial charge is 0.611 e. The molecule has 11 heteroatoms. The summed E-state index contributed by atoms with van der Waals surface area (Å²) in [4.78, 5) is 17.7. The first-order valence-electron chi connectivity index (χ1n) is 15.1. The van der Waals surface area contributed by atoms with Crippen LogP contribution in [-0.2, 0) is 33.0 Å². The van der Waals surface area contributed by atoms with E-state index >= 15 is 0 Å². The first kappa shape index (κ1) is 34.7. The summed E-state index contributed by atoms with van der Waals surface area (Å²) in [5, 5.41) is 2.74. The number of nitrogens with one attached hydrogen (secondary N) is 1. The Hall–Kier alpha value is -4.19. The number of carbonyl (C=O) groups excluding carboxylic acids is 1. The highest BCUT2D eigenvalue weighted by atomic mass is 32.2. The number of alkyl halides is 2. The molecule has 0 fully saturated rings. The Morgan fingerprint density at radius 3 is 2.46 bits per heavy atom. The zero-order chi connectivity index (χ0) is 32.9. The normalized spacial score (nSPS) is 12.1. The molecule has 4 aromatic rings. The number of amides is 1. The fraction of sp³-hybridized carbons (Fsp3) is 0.314. The SMILES string of the molecule is CCCCOCCOc1ccc(-c2ccc(OC(F)F)c(/C=C/C(=O)Nc3ccc([S@@+]([O-])Cc4c(C)ncn4CC)cc3)c2)cc1. The fourth-order valence-corrected chi connectivity index (χ4v) is 5.82. The Kier molecular flexibility index (Phi) is 13.2. The molecule has 1 amide bonds. The lowest BCUT2D eigenvalue weighted by Crippen LogP contribution is -2.11. The second kappa shape index (κ2) is 17.5. The van der Waals surface area contributed by atoms with Gasteiger partial charge in [0.15, 0.2) is 10.6 Å². The van der Waals surface area contributed by atoms with E-state index in [-0.39, 0.29) is 5.75 Å². The Bertz CT molecular complexity index is 1580. The minimum atomic E-state index is -3.02. The first-order chi connectivity index (χ1) is 22.3. The molecule has 1 heterocycles. The maximum atomic E-state index is 13.1. The highest BCUT2D eigenvalue weighted by molar-refractivity contribution is 7.90. The van der Waals surface area contributed by atoms with Gasteiger partial charge in [-0.15, -0.1) is 0 Å². The number of hydrogen-bond acceptors (Lipinski definition) is 6. The minimum Gasteiger partial charge on any atom is -0.611 e. The maximum absolute atomic E-state index is 13.1. The number of anilines is 1. The number of imidazole rings is 1. The Labute approximate surface area is 271 Å². The average Bonchev–Trinajstić information content (AvgIpc) is 3.41. The third kappa shape index (κ3) is 10.2. The van der Waals surface area contributed by atoms with E-state index in [9.17, 15) is 18.1 Å². The lowest BCUT2D eigenvalue weighted by atomic mass is 10.0. The van der Waals surface area contributed by atoms with Gasteiger partial charge in [-0.2, -0.15) is 8.78 Å². The smallest absolute Gasteiger partial charge is 0.387 e. The third-order valence-electron chi connectivity index (χ3n) is 7.11. The summed E-state index contributed by atoms with van der Waals surface area (Å²) in [6.07, 6.45) is 6.51. The highest BCUT2D eigenvalue weighted by Gasteiger charge is 2.17. The van der Waals surface area contributed by atoms with Crippen LogP contribution in [0.3, 0.4) is 0 Å². The number of ether oxygens (including phenoxy) is 3. The summed E-state index contributed by atoms with van der Waals surface area (Å²) < 4.78 is 57.1. The van der Waals surface area contributed by atoms with Gasteiger partial charge in [0, 0.05) is 30.5 Å². The Morgan fingerprint density at radius 1 is 1.02 bits per heavy atom. The number of rotatable bonds is 17. The van der Waals surface area contributed by atoms with E-state index in [1.807, 2.05) is 42.7 Å². The third-order valence-corrected chi connectivity index (χ3v) is 8.45. The molecule has 0 radical (unpaired) electrons. The molecule has 0 spiro atoms. The summed E-state index contributed by atoms with van der Waals surface area (Å²) in [5.74, 6) is 0.501. The number of aryl methyl sites for hydroxylation is 2. The van der Waals surface area contributed by atoms with Gasteiger partial charge >= 0.3 is 6.61 Å². The van der Waals surface area contributed by atoms with Gasteiger partial charge in [-0.3, -0.25) is 4.79 Å². The molecule has 4 rings (SSSR count). The van der Waals surface area contributed by atoms with Crippen LogP contribution in [0.1, 0.15) is 43.6 Å². The van der Waals surface area contributed by atoms with E-state index in [1.165, 1.54) is 18.2 Å². The van der Waals surface area contributed by atoms with Crippen molar-refractivity contribution in [3.05, 3.63) is 96.1 Å². The molecule has 0 aliphatic carbocycles. The second-order valence-corrected chi connectivity index (χ2v) is 11.8. The van der Waals surface area contributed by atoms with Crippen LogP contribution in [0.4, 0.5) is 14.5 Å². The molecular formula is C35H39F2N3O5S. The van der Waals surface area contributed by atoms with Gasteiger partial charge in [0.25, 0.3) is 0 Å². The summed E-state index contributed by atoms with van der Waals surface area (Å²) in [7, 11) is 0. The highest BCUT2D eigenvalue weighted by Crippen LogP contribution is 2.30. The minimum absolute atomic E-state index is 0.0580. The van der Waals surface area contributed by atoms with Gasteiger partial charge in [-0.1, -0.05) is 31.5 Å². The maximum Gasteiger partial charge on any atom is 0.387 e. The Morgan fingerprint density at radius 2 is 1.76 bits per heavy atom. The lowest BCUT2D eigenvalue weighted by Gasteiger charge is -2.13. The van der Waals surface area contributed by atoms with Crippen molar-refractivity contribution in [1.29, 1.82) is 0 Å². The first-order valence-corrected chi connectivity index (χ1v) is 16.5. The molecule has 3 aromatic carbocycles.